The van der Waals surface area contributed by atoms with Gasteiger partial charge in [-0.2, -0.15) is 13.2 Å². The van der Waals surface area contributed by atoms with E-state index in [0.29, 0.717) is 22.6 Å². The number of likely N-dealkylation sites (N-methyl/N-ethyl adjacent to an activating group) is 1. The van der Waals surface area contributed by atoms with Gasteiger partial charge in [0, 0.05) is 7.05 Å². The van der Waals surface area contributed by atoms with Crippen molar-refractivity contribution in [2.24, 2.45) is 5.73 Å². The third kappa shape index (κ3) is 4.90. The summed E-state index contributed by atoms with van der Waals surface area (Å²) >= 11 is 0. The predicted octanol–water partition coefficient (Wildman–Crippen LogP) is 5.13. The molecule has 1 fully saturated rings. The molecule has 5 rings (SSSR count). The van der Waals surface area contributed by atoms with Crippen molar-refractivity contribution in [2.45, 2.75) is 17.7 Å². The Morgan fingerprint density at radius 2 is 1.38 bits per heavy atom. The van der Waals surface area contributed by atoms with Crippen LogP contribution < -0.4 is 15.8 Å². The van der Waals surface area contributed by atoms with Crippen LogP contribution in [0.3, 0.4) is 0 Å². The highest BCUT2D eigenvalue weighted by molar-refractivity contribution is 5.95. The smallest absolute Gasteiger partial charge is 0.457 e. The molecule has 4 aromatic carbocycles. The van der Waals surface area contributed by atoms with Crippen molar-refractivity contribution in [2.75, 3.05) is 7.05 Å². The van der Waals surface area contributed by atoms with Crippen molar-refractivity contribution in [3.05, 3.63) is 120 Å². The lowest BCUT2D eigenvalue weighted by atomic mass is 9.81. The zero-order valence-electron chi connectivity index (χ0n) is 21.2. The van der Waals surface area contributed by atoms with Crippen LogP contribution in [0.5, 0.6) is 11.5 Å². The molecule has 4 aromatic rings. The first-order valence-electron chi connectivity index (χ1n) is 12.2. The molecule has 3 N–H and O–H groups in total. The van der Waals surface area contributed by atoms with Crippen molar-refractivity contribution >= 4 is 11.9 Å². The maximum atomic E-state index is 13.8. The molecule has 1 aliphatic heterocycles. The maximum absolute atomic E-state index is 13.8. The Labute approximate surface area is 227 Å². The van der Waals surface area contributed by atoms with Crippen LogP contribution in [0.4, 0.5) is 13.2 Å². The molecule has 10 heteroatoms. The number of hydrogen-bond donors (Lipinski definition) is 2. The molecule has 0 saturated carbocycles. The van der Waals surface area contributed by atoms with E-state index in [1.54, 1.807) is 60.7 Å². The summed E-state index contributed by atoms with van der Waals surface area (Å²) < 4.78 is 49.6. The second-order valence-corrected chi connectivity index (χ2v) is 9.21. The monoisotopic (exact) mass is 547 g/mol. The molecule has 0 aromatic heterocycles. The first-order valence-corrected chi connectivity index (χ1v) is 12.2. The molecule has 40 heavy (non-hydrogen) atoms. The number of esters is 1. The van der Waals surface area contributed by atoms with Crippen LogP contribution in [-0.2, 0) is 19.9 Å². The summed E-state index contributed by atoms with van der Waals surface area (Å²) in [6.45, 7) is 0. The Balaban J connectivity index is 1.53. The van der Waals surface area contributed by atoms with E-state index in [9.17, 15) is 22.8 Å². The van der Waals surface area contributed by atoms with Crippen LogP contribution in [0.25, 0.3) is 11.1 Å². The van der Waals surface area contributed by atoms with Gasteiger partial charge in [0.15, 0.2) is 5.54 Å². The van der Waals surface area contributed by atoms with E-state index in [2.05, 4.69) is 10.1 Å². The van der Waals surface area contributed by atoms with Crippen molar-refractivity contribution in [1.29, 1.82) is 0 Å². The predicted molar refractivity (Wildman–Crippen MR) is 141 cm³/mol. The number of para-hydroxylation sites is 1. The van der Waals surface area contributed by atoms with Crippen LogP contribution in [-0.4, -0.2) is 36.0 Å². The van der Waals surface area contributed by atoms with Gasteiger partial charge in [-0.05, 0) is 52.6 Å². The molecule has 0 bridgehead atoms. The molecule has 1 heterocycles. The lowest BCUT2D eigenvalue weighted by Crippen LogP contribution is -2.64. The first-order chi connectivity index (χ1) is 19.0. The fourth-order valence-electron chi connectivity index (χ4n) is 4.62. The van der Waals surface area contributed by atoms with Gasteiger partial charge in [0.1, 0.15) is 11.5 Å². The zero-order valence-corrected chi connectivity index (χ0v) is 21.2. The third-order valence-corrected chi connectivity index (χ3v) is 6.64. The minimum atomic E-state index is -5.31. The van der Waals surface area contributed by atoms with Crippen LogP contribution in [0.15, 0.2) is 109 Å². The van der Waals surface area contributed by atoms with Crippen LogP contribution in [0, 0.1) is 0 Å². The van der Waals surface area contributed by atoms with E-state index in [4.69, 9.17) is 10.5 Å². The number of benzene rings is 4. The van der Waals surface area contributed by atoms with Crippen LogP contribution in [0.1, 0.15) is 11.1 Å². The summed E-state index contributed by atoms with van der Waals surface area (Å²) in [5.74, 6) is -4.50. The molecule has 2 unspecified atom stereocenters. The normalized spacial score (nSPS) is 20.8. The third-order valence-electron chi connectivity index (χ3n) is 6.64. The topological polar surface area (TPSA) is 93.9 Å². The number of carbonyl (C=O) groups excluding carboxylic acids is 2. The maximum Gasteiger partial charge on any atom is 0.491 e. The molecule has 0 aliphatic carbocycles. The van der Waals surface area contributed by atoms with Gasteiger partial charge in [-0.3, -0.25) is 15.4 Å². The molecule has 204 valence electrons. The fourth-order valence-corrected chi connectivity index (χ4v) is 4.62. The summed E-state index contributed by atoms with van der Waals surface area (Å²) in [6.07, 6.45) is -5.31. The summed E-state index contributed by atoms with van der Waals surface area (Å²) in [5, 5.41) is 2.72. The van der Waals surface area contributed by atoms with E-state index in [1.165, 1.54) is 7.05 Å². The molecule has 1 saturated heterocycles. The minimum Gasteiger partial charge on any atom is -0.457 e. The lowest BCUT2D eigenvalue weighted by molar-refractivity contribution is -0.228. The number of hydrogen-bond acceptors (Lipinski definition) is 6. The average Bonchev–Trinajstić information content (AvgIpc) is 3.16. The van der Waals surface area contributed by atoms with Gasteiger partial charge in [-0.15, -0.1) is 0 Å². The molecular weight excluding hydrogens is 523 g/mol. The average molecular weight is 548 g/mol. The zero-order chi connectivity index (χ0) is 28.5. The number of halogens is 3. The SMILES string of the molecule is CN1C(=O)C(c2ccccc2)(c2cccc(-c3ccc(Oc4ccccc4)cc3)c2)NC1(N)OC(=O)C(F)(F)F. The number of alkyl halides is 3. The molecule has 0 spiro atoms. The standard InChI is InChI=1S/C30H24F3N3O4/c1-36-26(37)28(22-10-4-2-5-11-22,35-30(36,34)40-27(38)29(31,32)33)23-12-8-9-21(19-23)20-15-17-25(18-16-20)39-24-13-6-3-7-14-24/h2-19,35H,34H2,1H3. The van der Waals surface area contributed by atoms with Crippen molar-refractivity contribution in [3.63, 3.8) is 0 Å². The molecule has 7 nitrogen and oxygen atoms in total. The number of nitrogens with one attached hydrogen (secondary N) is 1. The summed E-state index contributed by atoms with van der Waals surface area (Å²) in [7, 11) is 1.17. The van der Waals surface area contributed by atoms with Gasteiger partial charge in [0.25, 0.3) is 5.91 Å². The minimum absolute atomic E-state index is 0.382. The summed E-state index contributed by atoms with van der Waals surface area (Å²) in [6, 6.07) is 31.9. The van der Waals surface area contributed by atoms with Gasteiger partial charge in [0.05, 0.1) is 0 Å². The van der Waals surface area contributed by atoms with Gasteiger partial charge in [0.2, 0.25) is 0 Å². The van der Waals surface area contributed by atoms with Crippen molar-refractivity contribution in [3.8, 4) is 22.6 Å². The molecule has 1 aliphatic rings. The number of ether oxygens (including phenoxy) is 2. The molecular formula is C30H24F3N3O4. The number of amides is 1. The largest absolute Gasteiger partial charge is 0.491 e. The van der Waals surface area contributed by atoms with E-state index in [1.807, 2.05) is 48.5 Å². The second-order valence-electron chi connectivity index (χ2n) is 9.21. The van der Waals surface area contributed by atoms with Crippen molar-refractivity contribution < 1.29 is 32.2 Å². The van der Waals surface area contributed by atoms with E-state index < -0.39 is 29.6 Å². The Morgan fingerprint density at radius 1 is 0.800 bits per heavy atom. The number of nitrogens with zero attached hydrogens (tertiary/aromatic N) is 1. The number of nitrogens with two attached hydrogens (primary N) is 1. The Hall–Kier alpha value is -4.67. The summed E-state index contributed by atoms with van der Waals surface area (Å²) in [4.78, 5) is 26.3. The number of rotatable bonds is 6. The van der Waals surface area contributed by atoms with E-state index >= 15 is 0 Å². The second kappa shape index (κ2) is 10.1. The Morgan fingerprint density at radius 3 is 2.00 bits per heavy atom. The Kier molecular flexibility index (Phi) is 6.82. The van der Waals surface area contributed by atoms with Crippen LogP contribution >= 0.6 is 0 Å². The molecule has 2 atom stereocenters. The van der Waals surface area contributed by atoms with Gasteiger partial charge in [-0.1, -0.05) is 78.9 Å². The first kappa shape index (κ1) is 26.9. The van der Waals surface area contributed by atoms with Crippen LogP contribution in [0.2, 0.25) is 0 Å². The van der Waals surface area contributed by atoms with Crippen molar-refractivity contribution in [1.82, 2.24) is 10.2 Å². The van der Waals surface area contributed by atoms with Gasteiger partial charge in [-0.25, -0.2) is 10.1 Å². The highest BCUT2D eigenvalue weighted by Crippen LogP contribution is 2.41. The lowest BCUT2D eigenvalue weighted by Gasteiger charge is -2.32. The summed E-state index contributed by atoms with van der Waals surface area (Å²) in [5.41, 5.74) is 6.64. The van der Waals surface area contributed by atoms with Gasteiger partial charge >= 0.3 is 18.1 Å². The highest BCUT2D eigenvalue weighted by Gasteiger charge is 2.62. The molecule has 0 radical (unpaired) electrons. The van der Waals surface area contributed by atoms with E-state index in [-0.39, 0.29) is 0 Å². The fraction of sp³-hybridized carbons (Fsp3) is 0.133. The van der Waals surface area contributed by atoms with Gasteiger partial charge < -0.3 is 9.47 Å². The Bertz CT molecular complexity index is 1530. The van der Waals surface area contributed by atoms with E-state index in [0.717, 1.165) is 16.0 Å². The molecule has 1 amide bonds. The number of carbonyl (C=O) groups is 2. The quantitative estimate of drug-likeness (QED) is 0.257. The highest BCUT2D eigenvalue weighted by atomic mass is 19.4.